The molecule has 0 saturated carbocycles. The van der Waals surface area contributed by atoms with E-state index in [0.717, 1.165) is 0 Å². The molecule has 0 aliphatic heterocycles. The molecule has 1 rings (SSSR count). The highest BCUT2D eigenvalue weighted by molar-refractivity contribution is 5.88. The predicted octanol–water partition coefficient (Wildman–Crippen LogP) is 1.13. The Morgan fingerprint density at radius 2 is 2.08 bits per heavy atom. The summed E-state index contributed by atoms with van der Waals surface area (Å²) in [6.45, 7) is 1.83. The Hall–Kier alpha value is -1.32. The number of carboxylic acid groups (broad SMARTS) is 2. The van der Waals surface area contributed by atoms with E-state index in [1.165, 1.54) is 0 Å². The molecule has 1 aliphatic carbocycles. The van der Waals surface area contributed by atoms with Crippen LogP contribution in [-0.2, 0) is 9.59 Å². The normalized spacial score (nSPS) is 27.9. The van der Waals surface area contributed by atoms with Crippen molar-refractivity contribution in [2.45, 2.75) is 19.8 Å². The van der Waals surface area contributed by atoms with E-state index in [4.69, 9.17) is 10.2 Å². The number of aliphatic carboxylic acids is 2. The second kappa shape index (κ2) is 3.60. The third-order valence-electron chi connectivity index (χ3n) is 2.23. The Kier molecular flexibility index (Phi) is 2.70. The van der Waals surface area contributed by atoms with Crippen molar-refractivity contribution >= 4 is 11.9 Å². The van der Waals surface area contributed by atoms with Crippen LogP contribution in [0.3, 0.4) is 0 Å². The fourth-order valence-corrected chi connectivity index (χ4v) is 1.62. The van der Waals surface area contributed by atoms with Crippen LogP contribution in [0.15, 0.2) is 11.6 Å². The first-order valence-electron chi connectivity index (χ1n) is 4.17. The molecule has 0 spiro atoms. The predicted molar refractivity (Wildman–Crippen MR) is 45.2 cm³/mol. The molecule has 0 aromatic rings. The molecule has 0 saturated heterocycles. The lowest BCUT2D eigenvalue weighted by Crippen LogP contribution is -2.23. The number of hydrogen-bond acceptors (Lipinski definition) is 2. The standard InChI is InChI=1S/C9H12O4/c1-5-2-6(8(10)11)4-7(3-5)9(12)13/h2,5,7H,3-4H2,1H3,(H,10,11)(H,12,13). The summed E-state index contributed by atoms with van der Waals surface area (Å²) in [7, 11) is 0. The van der Waals surface area contributed by atoms with Crippen LogP contribution < -0.4 is 0 Å². The first-order chi connectivity index (χ1) is 6.00. The van der Waals surface area contributed by atoms with Crippen LogP contribution in [0.4, 0.5) is 0 Å². The molecule has 2 atom stereocenters. The summed E-state index contributed by atoms with van der Waals surface area (Å²) in [6, 6.07) is 0. The maximum atomic E-state index is 10.6. The lowest BCUT2D eigenvalue weighted by Gasteiger charge is -2.21. The van der Waals surface area contributed by atoms with Gasteiger partial charge in [-0.15, -0.1) is 0 Å². The minimum absolute atomic E-state index is 0.0425. The van der Waals surface area contributed by atoms with Gasteiger partial charge < -0.3 is 10.2 Å². The van der Waals surface area contributed by atoms with Crippen LogP contribution in [0, 0.1) is 11.8 Å². The van der Waals surface area contributed by atoms with Crippen LogP contribution in [0.2, 0.25) is 0 Å². The molecule has 1 aliphatic rings. The van der Waals surface area contributed by atoms with Gasteiger partial charge in [-0.2, -0.15) is 0 Å². The van der Waals surface area contributed by atoms with Crippen molar-refractivity contribution in [2.24, 2.45) is 11.8 Å². The van der Waals surface area contributed by atoms with Gasteiger partial charge in [-0.1, -0.05) is 13.0 Å². The van der Waals surface area contributed by atoms with E-state index in [0.29, 0.717) is 6.42 Å². The van der Waals surface area contributed by atoms with E-state index in [1.54, 1.807) is 6.08 Å². The summed E-state index contributed by atoms with van der Waals surface area (Å²) in [4.78, 5) is 21.3. The van der Waals surface area contributed by atoms with Gasteiger partial charge in [0.25, 0.3) is 0 Å². The zero-order valence-electron chi connectivity index (χ0n) is 7.36. The van der Waals surface area contributed by atoms with Gasteiger partial charge in [0, 0.05) is 5.57 Å². The van der Waals surface area contributed by atoms with Crippen LogP contribution >= 0.6 is 0 Å². The molecule has 0 amide bonds. The summed E-state index contributed by atoms with van der Waals surface area (Å²) in [5, 5.41) is 17.4. The molecule has 0 aromatic carbocycles. The molecule has 2 N–H and O–H groups in total. The van der Waals surface area contributed by atoms with Gasteiger partial charge in [0.05, 0.1) is 5.92 Å². The fraction of sp³-hybridized carbons (Fsp3) is 0.556. The van der Waals surface area contributed by atoms with Crippen LogP contribution in [0.1, 0.15) is 19.8 Å². The molecule has 4 heteroatoms. The van der Waals surface area contributed by atoms with Crippen molar-refractivity contribution in [1.29, 1.82) is 0 Å². The van der Waals surface area contributed by atoms with E-state index < -0.39 is 17.9 Å². The van der Waals surface area contributed by atoms with Crippen LogP contribution in [0.25, 0.3) is 0 Å². The minimum atomic E-state index is -1.00. The zero-order chi connectivity index (χ0) is 10.0. The van der Waals surface area contributed by atoms with Crippen LogP contribution in [-0.4, -0.2) is 22.2 Å². The zero-order valence-corrected chi connectivity index (χ0v) is 7.36. The number of hydrogen-bond donors (Lipinski definition) is 2. The lowest BCUT2D eigenvalue weighted by molar-refractivity contribution is -0.142. The Morgan fingerprint density at radius 1 is 1.46 bits per heavy atom. The van der Waals surface area contributed by atoms with Crippen molar-refractivity contribution in [2.75, 3.05) is 0 Å². The van der Waals surface area contributed by atoms with Crippen molar-refractivity contribution in [3.63, 3.8) is 0 Å². The summed E-state index contributed by atoms with van der Waals surface area (Å²) in [5.41, 5.74) is 0.228. The van der Waals surface area contributed by atoms with Crippen LogP contribution in [0.5, 0.6) is 0 Å². The molecule has 13 heavy (non-hydrogen) atoms. The van der Waals surface area contributed by atoms with Crippen molar-refractivity contribution in [1.82, 2.24) is 0 Å². The average molecular weight is 184 g/mol. The molecule has 0 heterocycles. The Labute approximate surface area is 75.9 Å². The third kappa shape index (κ3) is 2.31. The maximum absolute atomic E-state index is 10.6. The number of allylic oxidation sites excluding steroid dienone is 1. The maximum Gasteiger partial charge on any atom is 0.331 e. The van der Waals surface area contributed by atoms with Gasteiger partial charge in [-0.25, -0.2) is 4.79 Å². The monoisotopic (exact) mass is 184 g/mol. The molecule has 4 nitrogen and oxygen atoms in total. The average Bonchev–Trinajstić information content (AvgIpc) is 2.03. The largest absolute Gasteiger partial charge is 0.481 e. The molecular weight excluding hydrogens is 172 g/mol. The molecule has 72 valence electrons. The SMILES string of the molecule is CC1C=C(C(=O)O)CC(C(=O)O)C1. The van der Waals surface area contributed by atoms with Gasteiger partial charge in [0.1, 0.15) is 0 Å². The number of carboxylic acids is 2. The highest BCUT2D eigenvalue weighted by Gasteiger charge is 2.27. The topological polar surface area (TPSA) is 74.6 Å². The Bertz CT molecular complexity index is 267. The van der Waals surface area contributed by atoms with E-state index in [2.05, 4.69) is 0 Å². The van der Waals surface area contributed by atoms with Gasteiger partial charge >= 0.3 is 11.9 Å². The molecule has 0 aromatic heterocycles. The second-order valence-corrected chi connectivity index (χ2v) is 3.45. The van der Waals surface area contributed by atoms with Crippen molar-refractivity contribution in [3.05, 3.63) is 11.6 Å². The van der Waals surface area contributed by atoms with Gasteiger partial charge in [-0.3, -0.25) is 4.79 Å². The molecule has 0 radical (unpaired) electrons. The van der Waals surface area contributed by atoms with E-state index in [-0.39, 0.29) is 17.9 Å². The van der Waals surface area contributed by atoms with Gasteiger partial charge in [0.15, 0.2) is 0 Å². The number of carbonyl (C=O) groups is 2. The fourth-order valence-electron chi connectivity index (χ4n) is 1.62. The van der Waals surface area contributed by atoms with Crippen molar-refractivity contribution in [3.8, 4) is 0 Å². The quantitative estimate of drug-likeness (QED) is 0.674. The molecular formula is C9H12O4. The Balaban J connectivity index is 2.78. The lowest BCUT2D eigenvalue weighted by atomic mass is 9.83. The molecule has 0 fully saturated rings. The highest BCUT2D eigenvalue weighted by Crippen LogP contribution is 2.28. The first-order valence-corrected chi connectivity index (χ1v) is 4.17. The van der Waals surface area contributed by atoms with Gasteiger partial charge in [-0.05, 0) is 18.8 Å². The van der Waals surface area contributed by atoms with E-state index in [9.17, 15) is 9.59 Å². The molecule has 0 bridgehead atoms. The summed E-state index contributed by atoms with van der Waals surface area (Å²) >= 11 is 0. The van der Waals surface area contributed by atoms with Gasteiger partial charge in [0.2, 0.25) is 0 Å². The third-order valence-corrected chi connectivity index (χ3v) is 2.23. The van der Waals surface area contributed by atoms with E-state index in [1.807, 2.05) is 6.92 Å². The van der Waals surface area contributed by atoms with E-state index >= 15 is 0 Å². The highest BCUT2D eigenvalue weighted by atomic mass is 16.4. The second-order valence-electron chi connectivity index (χ2n) is 3.45. The number of rotatable bonds is 2. The summed E-state index contributed by atoms with van der Waals surface area (Å²) < 4.78 is 0. The molecule has 2 unspecified atom stereocenters. The Morgan fingerprint density at radius 3 is 2.54 bits per heavy atom. The summed E-state index contributed by atoms with van der Waals surface area (Å²) in [6.07, 6.45) is 2.32. The first kappa shape index (κ1) is 9.77. The minimum Gasteiger partial charge on any atom is -0.481 e. The smallest absolute Gasteiger partial charge is 0.331 e. The van der Waals surface area contributed by atoms with Crippen molar-refractivity contribution < 1.29 is 19.8 Å². The summed E-state index contributed by atoms with van der Waals surface area (Å²) in [5.74, 6) is -2.40.